The molecule has 10 N–H and O–H groups in total. The number of carbonyl (C=O) groups is 7. The van der Waals surface area contributed by atoms with E-state index < -0.39 is 85.0 Å². The fourth-order valence-corrected chi connectivity index (χ4v) is 2.30. The molecule has 0 rings (SSSR count). The maximum atomic E-state index is 12.5. The zero-order chi connectivity index (χ0) is 25.0. The van der Waals surface area contributed by atoms with Crippen molar-refractivity contribution in [2.24, 2.45) is 11.5 Å². The molecule has 0 radical (unpaired) electrons. The van der Waals surface area contributed by atoms with Crippen LogP contribution in [0.4, 0.5) is 0 Å². The number of nitrogens with one attached hydrogen (secondary N) is 3. The van der Waals surface area contributed by atoms with Gasteiger partial charge in [0.15, 0.2) is 0 Å². The second-order valence-corrected chi connectivity index (χ2v) is 6.83. The number of carboxylic acid groups (broad SMARTS) is 3. The monoisotopic (exact) mass is 461 g/mol. The average molecular weight is 461 g/mol. The number of carbonyl (C=O) groups excluding carboxylic acids is 4. The van der Waals surface area contributed by atoms with Gasteiger partial charge in [-0.3, -0.25) is 28.8 Å². The Bertz CT molecular complexity index is 756. The van der Waals surface area contributed by atoms with Crippen LogP contribution in [0, 0.1) is 0 Å². The third kappa shape index (κ3) is 11.4. The van der Waals surface area contributed by atoms with Crippen molar-refractivity contribution < 1.29 is 48.9 Å². The molecule has 0 saturated heterocycles. The van der Waals surface area contributed by atoms with Crippen LogP contribution in [0.15, 0.2) is 0 Å². The zero-order valence-corrected chi connectivity index (χ0v) is 17.2. The first-order chi connectivity index (χ1) is 14.7. The molecule has 15 nitrogen and oxygen atoms in total. The highest BCUT2D eigenvalue weighted by Gasteiger charge is 2.29. The highest BCUT2D eigenvalue weighted by Crippen LogP contribution is 2.03. The molecule has 4 amide bonds. The Balaban J connectivity index is 5.14. The molecule has 4 atom stereocenters. The van der Waals surface area contributed by atoms with Gasteiger partial charge < -0.3 is 42.7 Å². The van der Waals surface area contributed by atoms with Crippen LogP contribution in [0.2, 0.25) is 0 Å². The van der Waals surface area contributed by atoms with Gasteiger partial charge in [0.1, 0.15) is 18.1 Å². The Labute approximate surface area is 181 Å². The van der Waals surface area contributed by atoms with Crippen LogP contribution in [0.3, 0.4) is 0 Å². The fraction of sp³-hybridized carbons (Fsp3) is 0.588. The Hall–Kier alpha value is -3.75. The molecule has 0 spiro atoms. The molecule has 0 bridgehead atoms. The zero-order valence-electron chi connectivity index (χ0n) is 17.2. The first-order valence-electron chi connectivity index (χ1n) is 9.36. The van der Waals surface area contributed by atoms with Crippen LogP contribution in [-0.2, 0) is 33.6 Å². The normalized spacial score (nSPS) is 14.2. The van der Waals surface area contributed by atoms with Gasteiger partial charge in [-0.15, -0.1) is 0 Å². The highest BCUT2D eigenvalue weighted by atomic mass is 16.4. The van der Waals surface area contributed by atoms with Crippen LogP contribution in [0.25, 0.3) is 0 Å². The largest absolute Gasteiger partial charge is 0.481 e. The predicted octanol–water partition coefficient (Wildman–Crippen LogP) is -3.52. The third-order valence-electron chi connectivity index (χ3n) is 4.06. The molecular weight excluding hydrogens is 434 g/mol. The Kier molecular flexibility index (Phi) is 11.9. The van der Waals surface area contributed by atoms with Gasteiger partial charge in [0.05, 0.1) is 12.5 Å². The molecule has 0 aliphatic heterocycles. The minimum absolute atomic E-state index is 0.232. The Morgan fingerprint density at radius 3 is 1.72 bits per heavy atom. The number of rotatable bonds is 15. The summed E-state index contributed by atoms with van der Waals surface area (Å²) in [4.78, 5) is 80.1. The average Bonchev–Trinajstić information content (AvgIpc) is 2.67. The van der Waals surface area contributed by atoms with Gasteiger partial charge in [-0.2, -0.15) is 0 Å². The SMILES string of the molecule is CC(NC(=O)C(CCC(=O)O)NC(=O)C(N)CCC(=O)O)C(=O)NC(CC(N)=O)C(=O)O. The lowest BCUT2D eigenvalue weighted by Crippen LogP contribution is -2.56. The van der Waals surface area contributed by atoms with E-state index in [1.54, 1.807) is 0 Å². The Morgan fingerprint density at radius 1 is 0.750 bits per heavy atom. The maximum absolute atomic E-state index is 12.5. The summed E-state index contributed by atoms with van der Waals surface area (Å²) in [5.74, 6) is -7.81. The lowest BCUT2D eigenvalue weighted by atomic mass is 10.1. The summed E-state index contributed by atoms with van der Waals surface area (Å²) < 4.78 is 0. The van der Waals surface area contributed by atoms with Crippen molar-refractivity contribution in [1.82, 2.24) is 16.0 Å². The van der Waals surface area contributed by atoms with E-state index >= 15 is 0 Å². The molecule has 180 valence electrons. The molecule has 0 heterocycles. The molecule has 0 aromatic carbocycles. The molecule has 32 heavy (non-hydrogen) atoms. The van der Waals surface area contributed by atoms with Crippen molar-refractivity contribution in [3.8, 4) is 0 Å². The molecule has 0 fully saturated rings. The van der Waals surface area contributed by atoms with Gasteiger partial charge in [0, 0.05) is 12.8 Å². The summed E-state index contributed by atoms with van der Waals surface area (Å²) >= 11 is 0. The van der Waals surface area contributed by atoms with Crippen LogP contribution in [0.5, 0.6) is 0 Å². The van der Waals surface area contributed by atoms with Crippen molar-refractivity contribution in [1.29, 1.82) is 0 Å². The van der Waals surface area contributed by atoms with Crippen molar-refractivity contribution in [2.75, 3.05) is 0 Å². The van der Waals surface area contributed by atoms with Gasteiger partial charge in [-0.1, -0.05) is 0 Å². The number of amides is 4. The number of hydrogen-bond donors (Lipinski definition) is 8. The lowest BCUT2D eigenvalue weighted by Gasteiger charge is -2.23. The molecule has 0 saturated carbocycles. The molecule has 0 aliphatic carbocycles. The van der Waals surface area contributed by atoms with Crippen molar-refractivity contribution in [3.63, 3.8) is 0 Å². The first kappa shape index (κ1) is 28.2. The quantitative estimate of drug-likeness (QED) is 0.118. The summed E-state index contributed by atoms with van der Waals surface area (Å²) in [6.07, 6.45) is -2.22. The maximum Gasteiger partial charge on any atom is 0.326 e. The summed E-state index contributed by atoms with van der Waals surface area (Å²) in [5.41, 5.74) is 10.5. The molecule has 0 aliphatic rings. The number of hydrogen-bond acceptors (Lipinski definition) is 8. The molecule has 0 aromatic rings. The second-order valence-electron chi connectivity index (χ2n) is 6.83. The van der Waals surface area contributed by atoms with E-state index in [9.17, 15) is 33.6 Å². The van der Waals surface area contributed by atoms with Gasteiger partial charge in [-0.25, -0.2) is 4.79 Å². The number of primary amides is 1. The first-order valence-corrected chi connectivity index (χ1v) is 9.36. The van der Waals surface area contributed by atoms with Gasteiger partial charge >= 0.3 is 17.9 Å². The Morgan fingerprint density at radius 2 is 1.25 bits per heavy atom. The van der Waals surface area contributed by atoms with Crippen LogP contribution < -0.4 is 27.4 Å². The molecule has 0 aromatic heterocycles. The number of carboxylic acids is 3. The van der Waals surface area contributed by atoms with Gasteiger partial charge in [-0.05, 0) is 19.8 Å². The molecule has 4 unspecified atom stereocenters. The van der Waals surface area contributed by atoms with E-state index in [-0.39, 0.29) is 12.8 Å². The summed E-state index contributed by atoms with van der Waals surface area (Å²) in [7, 11) is 0. The number of nitrogens with two attached hydrogens (primary N) is 2. The third-order valence-corrected chi connectivity index (χ3v) is 4.06. The highest BCUT2D eigenvalue weighted by molar-refractivity contribution is 5.94. The van der Waals surface area contributed by atoms with Gasteiger partial charge in [0.25, 0.3) is 0 Å². The minimum atomic E-state index is -1.63. The topological polar surface area (TPSA) is 268 Å². The summed E-state index contributed by atoms with van der Waals surface area (Å²) in [6.45, 7) is 1.19. The smallest absolute Gasteiger partial charge is 0.326 e. The van der Waals surface area contributed by atoms with E-state index in [2.05, 4.69) is 10.6 Å². The summed E-state index contributed by atoms with van der Waals surface area (Å²) in [5, 5.41) is 32.9. The standard InChI is InChI=1S/C17H27N5O10/c1-7(14(28)22-10(17(31)32)6-11(19)23)20-16(30)9(3-5-13(26)27)21-15(29)8(18)2-4-12(24)25/h7-10H,2-6,18H2,1H3,(H2,19,23)(H,20,30)(H,21,29)(H,22,28)(H,24,25)(H,26,27)(H,31,32). The van der Waals surface area contributed by atoms with E-state index in [1.807, 2.05) is 5.32 Å². The van der Waals surface area contributed by atoms with Crippen molar-refractivity contribution >= 4 is 41.5 Å². The summed E-state index contributed by atoms with van der Waals surface area (Å²) in [6, 6.07) is -5.67. The predicted molar refractivity (Wildman–Crippen MR) is 105 cm³/mol. The van der Waals surface area contributed by atoms with E-state index in [1.165, 1.54) is 6.92 Å². The van der Waals surface area contributed by atoms with E-state index in [4.69, 9.17) is 26.8 Å². The van der Waals surface area contributed by atoms with Crippen LogP contribution >= 0.6 is 0 Å². The van der Waals surface area contributed by atoms with Crippen molar-refractivity contribution in [2.45, 2.75) is 63.2 Å². The number of aliphatic carboxylic acids is 3. The second kappa shape index (κ2) is 13.5. The minimum Gasteiger partial charge on any atom is -0.481 e. The lowest BCUT2D eigenvalue weighted by molar-refractivity contribution is -0.143. The van der Waals surface area contributed by atoms with E-state index in [0.717, 1.165) is 0 Å². The molecule has 15 heteroatoms. The van der Waals surface area contributed by atoms with Crippen LogP contribution in [-0.4, -0.2) is 81.0 Å². The van der Waals surface area contributed by atoms with Crippen molar-refractivity contribution in [3.05, 3.63) is 0 Å². The van der Waals surface area contributed by atoms with E-state index in [0.29, 0.717) is 0 Å². The van der Waals surface area contributed by atoms with Crippen LogP contribution in [0.1, 0.15) is 39.0 Å². The molecular formula is C17H27N5O10. The fourth-order valence-electron chi connectivity index (χ4n) is 2.30. The van der Waals surface area contributed by atoms with Gasteiger partial charge in [0.2, 0.25) is 23.6 Å².